The first-order valence-corrected chi connectivity index (χ1v) is 7.97. The number of esters is 1. The Morgan fingerprint density at radius 3 is 2.22 bits per heavy atom. The van der Waals surface area contributed by atoms with Gasteiger partial charge in [-0.2, -0.15) is 0 Å². The van der Waals surface area contributed by atoms with Crippen molar-refractivity contribution in [3.8, 4) is 11.1 Å². The summed E-state index contributed by atoms with van der Waals surface area (Å²) in [6.45, 7) is 6.12. The van der Waals surface area contributed by atoms with E-state index < -0.39 is 6.04 Å². The van der Waals surface area contributed by atoms with Crippen LogP contribution in [0.15, 0.2) is 59.6 Å². The monoisotopic (exact) mass is 309 g/mol. The normalized spacial score (nSPS) is 12.5. The maximum atomic E-state index is 11.9. The average molecular weight is 309 g/mol. The fourth-order valence-electron chi connectivity index (χ4n) is 2.29. The minimum atomic E-state index is -0.455. The highest BCUT2D eigenvalue weighted by atomic mass is 16.5. The predicted molar refractivity (Wildman–Crippen MR) is 94.7 cm³/mol. The highest BCUT2D eigenvalue weighted by molar-refractivity contribution is 5.85. The molecule has 23 heavy (non-hydrogen) atoms. The molecule has 0 aromatic heterocycles. The first-order valence-electron chi connectivity index (χ1n) is 7.97. The number of nitrogens with zero attached hydrogens (tertiary/aromatic N) is 1. The van der Waals surface area contributed by atoms with Gasteiger partial charge in [-0.3, -0.25) is 4.99 Å². The zero-order valence-electron chi connectivity index (χ0n) is 13.9. The van der Waals surface area contributed by atoms with Gasteiger partial charge in [0.25, 0.3) is 0 Å². The summed E-state index contributed by atoms with van der Waals surface area (Å²) < 4.78 is 5.08. The molecule has 3 nitrogen and oxygen atoms in total. The molecule has 3 heteroatoms. The van der Waals surface area contributed by atoms with Crippen molar-refractivity contribution in [3.63, 3.8) is 0 Å². The first kappa shape index (κ1) is 16.9. The van der Waals surface area contributed by atoms with Crippen molar-refractivity contribution < 1.29 is 9.53 Å². The molecule has 2 aromatic carbocycles. The fourth-order valence-corrected chi connectivity index (χ4v) is 2.29. The van der Waals surface area contributed by atoms with Crippen LogP contribution in [0.4, 0.5) is 0 Å². The van der Waals surface area contributed by atoms with Crippen LogP contribution in [-0.2, 0) is 9.53 Å². The van der Waals surface area contributed by atoms with Crippen molar-refractivity contribution in [1.29, 1.82) is 0 Å². The number of ether oxygens (including phenoxy) is 1. The molecule has 0 aliphatic carbocycles. The zero-order valence-corrected chi connectivity index (χ0v) is 13.9. The Hall–Kier alpha value is -2.42. The molecular formula is C20H23NO2. The number of carbonyl (C=O) groups is 1. The fraction of sp³-hybridized carbons (Fsp3) is 0.300. The third-order valence-electron chi connectivity index (χ3n) is 3.56. The lowest BCUT2D eigenvalue weighted by Crippen LogP contribution is -2.27. The average Bonchev–Trinajstić information content (AvgIpc) is 2.56. The maximum absolute atomic E-state index is 11.9. The molecule has 0 spiro atoms. The number of carbonyl (C=O) groups excluding carboxylic acids is 1. The summed E-state index contributed by atoms with van der Waals surface area (Å²) >= 11 is 0. The van der Waals surface area contributed by atoms with Gasteiger partial charge in [-0.25, -0.2) is 4.79 Å². The summed E-state index contributed by atoms with van der Waals surface area (Å²) in [5.74, 6) is -0.159. The Morgan fingerprint density at radius 1 is 1.04 bits per heavy atom. The lowest BCUT2D eigenvalue weighted by Gasteiger charge is -2.14. The second kappa shape index (κ2) is 8.28. The van der Waals surface area contributed by atoms with Gasteiger partial charge >= 0.3 is 5.97 Å². The van der Waals surface area contributed by atoms with Crippen molar-refractivity contribution in [3.05, 3.63) is 60.2 Å². The predicted octanol–water partition coefficient (Wildman–Crippen LogP) is 4.36. The van der Waals surface area contributed by atoms with Crippen molar-refractivity contribution >= 4 is 12.2 Å². The summed E-state index contributed by atoms with van der Waals surface area (Å²) in [6.07, 6.45) is 1.75. The highest BCUT2D eigenvalue weighted by Crippen LogP contribution is 2.19. The van der Waals surface area contributed by atoms with Crippen LogP contribution < -0.4 is 0 Å². The van der Waals surface area contributed by atoms with Gasteiger partial charge in [0.1, 0.15) is 6.04 Å². The van der Waals surface area contributed by atoms with E-state index in [0.717, 1.165) is 11.1 Å². The molecule has 0 heterocycles. The van der Waals surface area contributed by atoms with Gasteiger partial charge in [-0.15, -0.1) is 0 Å². The van der Waals surface area contributed by atoms with Crippen molar-refractivity contribution in [2.45, 2.75) is 26.8 Å². The second-order valence-electron chi connectivity index (χ2n) is 5.71. The molecule has 0 saturated heterocycles. The lowest BCUT2D eigenvalue weighted by molar-refractivity contribution is -0.145. The number of hydrogen-bond acceptors (Lipinski definition) is 3. The van der Waals surface area contributed by atoms with Crippen LogP contribution in [0.1, 0.15) is 26.3 Å². The van der Waals surface area contributed by atoms with Crippen molar-refractivity contribution in [1.82, 2.24) is 0 Å². The van der Waals surface area contributed by atoms with Crippen molar-refractivity contribution in [2.24, 2.45) is 10.9 Å². The molecule has 0 amide bonds. The minimum Gasteiger partial charge on any atom is -0.464 e. The van der Waals surface area contributed by atoms with E-state index in [1.165, 1.54) is 5.56 Å². The quantitative estimate of drug-likeness (QED) is 0.587. The van der Waals surface area contributed by atoms with Gasteiger partial charge < -0.3 is 4.74 Å². The highest BCUT2D eigenvalue weighted by Gasteiger charge is 2.21. The number of aliphatic imine (C=N–C) groups is 1. The second-order valence-corrected chi connectivity index (χ2v) is 5.71. The summed E-state index contributed by atoms with van der Waals surface area (Å²) in [7, 11) is 0. The van der Waals surface area contributed by atoms with E-state index in [1.54, 1.807) is 13.1 Å². The van der Waals surface area contributed by atoms with E-state index in [2.05, 4.69) is 29.3 Å². The van der Waals surface area contributed by atoms with Crippen LogP contribution in [0.25, 0.3) is 11.1 Å². The Kier molecular flexibility index (Phi) is 6.10. The van der Waals surface area contributed by atoms with E-state index in [4.69, 9.17) is 4.74 Å². The maximum Gasteiger partial charge on any atom is 0.331 e. The molecule has 0 fully saturated rings. The summed E-state index contributed by atoms with van der Waals surface area (Å²) in [5, 5.41) is 0. The molecule has 2 aromatic rings. The van der Waals surface area contributed by atoms with Gasteiger partial charge in [0.15, 0.2) is 0 Å². The van der Waals surface area contributed by atoms with Gasteiger partial charge in [0, 0.05) is 6.21 Å². The summed E-state index contributed by atoms with van der Waals surface area (Å²) in [5.41, 5.74) is 3.32. The number of rotatable bonds is 6. The topological polar surface area (TPSA) is 38.7 Å². The minimum absolute atomic E-state index is 0.105. The molecule has 2 rings (SSSR count). The van der Waals surface area contributed by atoms with Gasteiger partial charge in [-0.1, -0.05) is 68.4 Å². The summed E-state index contributed by atoms with van der Waals surface area (Å²) in [6, 6.07) is 17.9. The van der Waals surface area contributed by atoms with Crippen molar-refractivity contribution in [2.75, 3.05) is 6.61 Å². The van der Waals surface area contributed by atoms with E-state index in [1.807, 2.05) is 44.2 Å². The Bertz CT molecular complexity index is 645. The van der Waals surface area contributed by atoms with Crippen LogP contribution in [0.3, 0.4) is 0 Å². The molecule has 0 aliphatic heterocycles. The first-order chi connectivity index (χ1) is 11.1. The smallest absolute Gasteiger partial charge is 0.331 e. The molecule has 1 atom stereocenters. The lowest BCUT2D eigenvalue weighted by atomic mass is 10.0. The Balaban J connectivity index is 2.11. The summed E-state index contributed by atoms with van der Waals surface area (Å²) in [4.78, 5) is 16.3. The van der Waals surface area contributed by atoms with Crippen LogP contribution in [0, 0.1) is 5.92 Å². The van der Waals surface area contributed by atoms with Gasteiger partial charge in [-0.05, 0) is 29.5 Å². The number of benzene rings is 2. The van der Waals surface area contributed by atoms with Crippen LogP contribution in [-0.4, -0.2) is 24.8 Å². The van der Waals surface area contributed by atoms with Crippen LogP contribution in [0.2, 0.25) is 0 Å². The van der Waals surface area contributed by atoms with Crippen LogP contribution in [0.5, 0.6) is 0 Å². The largest absolute Gasteiger partial charge is 0.464 e. The third-order valence-corrected chi connectivity index (χ3v) is 3.56. The molecule has 0 N–H and O–H groups in total. The van der Waals surface area contributed by atoms with Crippen LogP contribution >= 0.6 is 0 Å². The Labute approximate surface area is 138 Å². The van der Waals surface area contributed by atoms with Gasteiger partial charge in [0.05, 0.1) is 6.61 Å². The molecule has 1 unspecified atom stereocenters. The zero-order chi connectivity index (χ0) is 16.7. The molecule has 120 valence electrons. The van der Waals surface area contributed by atoms with E-state index >= 15 is 0 Å². The molecule has 0 radical (unpaired) electrons. The standard InChI is InChI=1S/C20H23NO2/c1-4-23-20(22)19(15(2)3)21-14-16-10-12-18(13-11-16)17-8-6-5-7-9-17/h5-15,19H,4H2,1-3H3. The van der Waals surface area contributed by atoms with E-state index in [0.29, 0.717) is 6.61 Å². The molecule has 0 bridgehead atoms. The van der Waals surface area contributed by atoms with E-state index in [-0.39, 0.29) is 11.9 Å². The SMILES string of the molecule is CCOC(=O)C(N=Cc1ccc(-c2ccccc2)cc1)C(C)C. The van der Waals surface area contributed by atoms with Gasteiger partial charge in [0.2, 0.25) is 0 Å². The molecule has 0 aliphatic rings. The molecule has 0 saturated carbocycles. The third kappa shape index (κ3) is 4.78. The molecular weight excluding hydrogens is 286 g/mol. The Morgan fingerprint density at radius 2 is 1.65 bits per heavy atom. The number of hydrogen-bond donors (Lipinski definition) is 0. The van der Waals surface area contributed by atoms with E-state index in [9.17, 15) is 4.79 Å².